The van der Waals surface area contributed by atoms with Gasteiger partial charge in [0.1, 0.15) is 5.75 Å². The number of carboxylic acid groups (broad SMARTS) is 1. The molecule has 8 nitrogen and oxygen atoms in total. The Bertz CT molecular complexity index is 878. The first-order valence-electron chi connectivity index (χ1n) is 7.72. The number of carbonyl (C=O) groups is 2. The van der Waals surface area contributed by atoms with Gasteiger partial charge in [-0.1, -0.05) is 12.1 Å². The highest BCUT2D eigenvalue weighted by Gasteiger charge is 2.16. The maximum absolute atomic E-state index is 12.2. The summed E-state index contributed by atoms with van der Waals surface area (Å²) in [7, 11) is 0. The van der Waals surface area contributed by atoms with Gasteiger partial charge in [-0.25, -0.2) is 10.2 Å². The van der Waals surface area contributed by atoms with Crippen LogP contribution in [0.1, 0.15) is 22.8 Å². The van der Waals surface area contributed by atoms with Crippen LogP contribution in [0, 0.1) is 0 Å². The summed E-state index contributed by atoms with van der Waals surface area (Å²) in [4.78, 5) is 22.8. The maximum Gasteiger partial charge on any atom is 0.341 e. The van der Waals surface area contributed by atoms with Gasteiger partial charge in [0.05, 0.1) is 5.71 Å². The lowest BCUT2D eigenvalue weighted by molar-refractivity contribution is -0.139. The van der Waals surface area contributed by atoms with Crippen molar-refractivity contribution in [3.05, 3.63) is 53.6 Å². The van der Waals surface area contributed by atoms with E-state index in [0.717, 1.165) is 0 Å². The van der Waals surface area contributed by atoms with Crippen LogP contribution < -0.4 is 19.6 Å². The molecule has 0 atom stereocenters. The zero-order valence-electron chi connectivity index (χ0n) is 13.9. The highest BCUT2D eigenvalue weighted by molar-refractivity contribution is 6.01. The molecule has 0 unspecified atom stereocenters. The first-order chi connectivity index (χ1) is 12.5. The first kappa shape index (κ1) is 17.3. The van der Waals surface area contributed by atoms with E-state index in [9.17, 15) is 9.59 Å². The van der Waals surface area contributed by atoms with Crippen LogP contribution >= 0.6 is 0 Å². The molecule has 0 spiro atoms. The predicted molar refractivity (Wildman–Crippen MR) is 91.8 cm³/mol. The number of nitrogens with zero attached hydrogens (tertiary/aromatic N) is 1. The second kappa shape index (κ2) is 7.56. The van der Waals surface area contributed by atoms with Crippen LogP contribution in [0.25, 0.3) is 0 Å². The molecule has 26 heavy (non-hydrogen) atoms. The topological polar surface area (TPSA) is 106 Å². The van der Waals surface area contributed by atoms with Crippen molar-refractivity contribution in [2.24, 2.45) is 5.10 Å². The van der Waals surface area contributed by atoms with Crippen molar-refractivity contribution in [2.45, 2.75) is 6.92 Å². The number of benzene rings is 2. The minimum atomic E-state index is -1.06. The summed E-state index contributed by atoms with van der Waals surface area (Å²) in [6.07, 6.45) is 0. The van der Waals surface area contributed by atoms with E-state index >= 15 is 0 Å². The van der Waals surface area contributed by atoms with Gasteiger partial charge < -0.3 is 19.3 Å². The molecule has 8 heteroatoms. The van der Waals surface area contributed by atoms with Crippen molar-refractivity contribution < 1.29 is 28.9 Å². The highest BCUT2D eigenvalue weighted by atomic mass is 16.7. The number of hydrogen-bond acceptors (Lipinski definition) is 6. The van der Waals surface area contributed by atoms with Crippen molar-refractivity contribution in [3.63, 3.8) is 0 Å². The summed E-state index contributed by atoms with van der Waals surface area (Å²) >= 11 is 0. The van der Waals surface area contributed by atoms with Crippen molar-refractivity contribution in [1.29, 1.82) is 0 Å². The Morgan fingerprint density at radius 3 is 2.77 bits per heavy atom. The lowest BCUT2D eigenvalue weighted by atomic mass is 10.1. The van der Waals surface area contributed by atoms with Crippen LogP contribution in [0.15, 0.2) is 47.6 Å². The van der Waals surface area contributed by atoms with E-state index in [-0.39, 0.29) is 12.7 Å². The van der Waals surface area contributed by atoms with E-state index in [1.165, 1.54) is 0 Å². The lowest BCUT2D eigenvalue weighted by Crippen LogP contribution is -2.19. The number of ether oxygens (including phenoxy) is 3. The molecular formula is C18H16N2O6. The summed E-state index contributed by atoms with van der Waals surface area (Å²) < 4.78 is 15.6. The average molecular weight is 356 g/mol. The van der Waals surface area contributed by atoms with Crippen LogP contribution in [0.2, 0.25) is 0 Å². The van der Waals surface area contributed by atoms with Crippen molar-refractivity contribution in [2.75, 3.05) is 13.4 Å². The smallest absolute Gasteiger partial charge is 0.341 e. The van der Waals surface area contributed by atoms with Crippen LogP contribution in [0.5, 0.6) is 17.2 Å². The molecule has 0 saturated heterocycles. The molecule has 0 fully saturated rings. The Labute approximate surface area is 149 Å². The highest BCUT2D eigenvalue weighted by Crippen LogP contribution is 2.32. The fraction of sp³-hybridized carbons (Fsp3) is 0.167. The fourth-order valence-corrected chi connectivity index (χ4v) is 2.26. The number of carbonyl (C=O) groups excluding carboxylic acids is 1. The quantitative estimate of drug-likeness (QED) is 0.606. The van der Waals surface area contributed by atoms with Gasteiger partial charge in [0.25, 0.3) is 5.91 Å². The molecule has 1 amide bonds. The van der Waals surface area contributed by atoms with Gasteiger partial charge in [-0.2, -0.15) is 5.10 Å². The Kier molecular flexibility index (Phi) is 5.02. The molecule has 1 heterocycles. The van der Waals surface area contributed by atoms with Crippen molar-refractivity contribution >= 4 is 17.6 Å². The van der Waals surface area contributed by atoms with Gasteiger partial charge in [-0.3, -0.25) is 4.79 Å². The molecule has 0 aliphatic carbocycles. The third-order valence-electron chi connectivity index (χ3n) is 3.57. The average Bonchev–Trinajstić information content (AvgIpc) is 3.12. The molecule has 1 aliphatic heterocycles. The second-order valence-electron chi connectivity index (χ2n) is 5.42. The van der Waals surface area contributed by atoms with E-state index in [1.54, 1.807) is 49.4 Å². The van der Waals surface area contributed by atoms with Crippen molar-refractivity contribution in [1.82, 2.24) is 5.43 Å². The van der Waals surface area contributed by atoms with E-state index in [4.69, 9.17) is 19.3 Å². The van der Waals surface area contributed by atoms with Gasteiger partial charge in [-0.15, -0.1) is 0 Å². The molecule has 3 rings (SSSR count). The van der Waals surface area contributed by atoms with Crippen LogP contribution in [0.4, 0.5) is 0 Å². The number of aliphatic carboxylic acids is 1. The van der Waals surface area contributed by atoms with E-state index in [2.05, 4.69) is 10.5 Å². The summed E-state index contributed by atoms with van der Waals surface area (Å²) in [5.41, 5.74) is 4.10. The fourth-order valence-electron chi connectivity index (χ4n) is 2.26. The summed E-state index contributed by atoms with van der Waals surface area (Å²) in [5, 5.41) is 12.7. The van der Waals surface area contributed by atoms with Gasteiger partial charge >= 0.3 is 5.97 Å². The van der Waals surface area contributed by atoms with Crippen LogP contribution in [0.3, 0.4) is 0 Å². The molecule has 0 saturated carbocycles. The lowest BCUT2D eigenvalue weighted by Gasteiger charge is -2.07. The van der Waals surface area contributed by atoms with Crippen molar-refractivity contribution in [3.8, 4) is 17.2 Å². The molecule has 2 aromatic carbocycles. The minimum absolute atomic E-state index is 0.137. The first-order valence-corrected chi connectivity index (χ1v) is 7.72. The van der Waals surface area contributed by atoms with Gasteiger partial charge in [-0.05, 0) is 37.3 Å². The van der Waals surface area contributed by atoms with E-state index in [0.29, 0.717) is 34.1 Å². The number of fused-ring (bicyclic) bond motifs is 1. The second-order valence-corrected chi connectivity index (χ2v) is 5.42. The van der Waals surface area contributed by atoms with E-state index in [1.807, 2.05) is 0 Å². The number of amides is 1. The predicted octanol–water partition coefficient (Wildman–Crippen LogP) is 2.03. The molecule has 2 aromatic rings. The molecule has 0 aromatic heterocycles. The number of nitrogens with one attached hydrogen (secondary N) is 1. The maximum atomic E-state index is 12.2. The largest absolute Gasteiger partial charge is 0.482 e. The zero-order chi connectivity index (χ0) is 18.5. The summed E-state index contributed by atoms with van der Waals surface area (Å²) in [6.45, 7) is 1.43. The Hall–Kier alpha value is -3.55. The third kappa shape index (κ3) is 4.10. The van der Waals surface area contributed by atoms with Gasteiger partial charge in [0.2, 0.25) is 6.79 Å². The van der Waals surface area contributed by atoms with Crippen LogP contribution in [-0.4, -0.2) is 36.1 Å². The zero-order valence-corrected chi connectivity index (χ0v) is 13.9. The summed E-state index contributed by atoms with van der Waals surface area (Å²) in [5.74, 6) is 0.0697. The molecule has 134 valence electrons. The molecule has 2 N–H and O–H groups in total. The van der Waals surface area contributed by atoms with E-state index < -0.39 is 12.6 Å². The normalized spacial score (nSPS) is 12.6. The Morgan fingerprint density at radius 1 is 1.15 bits per heavy atom. The number of hydrogen-bond donors (Lipinski definition) is 2. The molecule has 0 bridgehead atoms. The SMILES string of the molecule is C/C(=N/NC(=O)c1ccc2c(c1)OCO2)c1cccc(OCC(=O)O)c1. The molecular weight excluding hydrogens is 340 g/mol. The Balaban J connectivity index is 1.67. The van der Waals surface area contributed by atoms with Gasteiger partial charge in [0.15, 0.2) is 18.1 Å². The number of carboxylic acids is 1. The monoisotopic (exact) mass is 356 g/mol. The molecule has 1 aliphatic rings. The number of hydrazone groups is 1. The standard InChI is InChI=1S/C18H16N2O6/c1-11(12-3-2-4-14(7-12)24-9-17(21)22)19-20-18(23)13-5-6-15-16(8-13)26-10-25-15/h2-8H,9-10H2,1H3,(H,20,23)(H,21,22)/b19-11-. The summed E-state index contributed by atoms with van der Waals surface area (Å²) in [6, 6.07) is 11.7. The third-order valence-corrected chi connectivity index (χ3v) is 3.57. The van der Waals surface area contributed by atoms with Crippen LogP contribution in [-0.2, 0) is 4.79 Å². The molecule has 0 radical (unpaired) electrons. The Morgan fingerprint density at radius 2 is 1.96 bits per heavy atom. The number of rotatable bonds is 6. The van der Waals surface area contributed by atoms with Gasteiger partial charge in [0, 0.05) is 11.1 Å². The minimum Gasteiger partial charge on any atom is -0.482 e.